The topological polar surface area (TPSA) is 86.7 Å². The fourth-order valence-electron chi connectivity index (χ4n) is 1.89. The van der Waals surface area contributed by atoms with Gasteiger partial charge in [-0.2, -0.15) is 11.3 Å². The normalized spacial score (nSPS) is 13.3. The molecule has 1 heterocycles. The van der Waals surface area contributed by atoms with Gasteiger partial charge in [-0.25, -0.2) is 4.79 Å². The Bertz CT molecular complexity index is 501. The van der Waals surface area contributed by atoms with Crippen molar-refractivity contribution in [3.05, 3.63) is 22.4 Å². The van der Waals surface area contributed by atoms with Gasteiger partial charge in [0.15, 0.2) is 0 Å². The number of thiophene rings is 1. The monoisotopic (exact) mass is 312 g/mol. The fraction of sp³-hybridized carbons (Fsp3) is 0.500. The first-order valence-electron chi connectivity index (χ1n) is 6.64. The van der Waals surface area contributed by atoms with Crippen LogP contribution in [0.25, 0.3) is 0 Å². The standard InChI is InChI=1S/C14H20N2O4S/c1-9(12-4-7-21-8-12)13(18)16(10(2)14(19)20)6-5-15-11(3)17/h4,7-10H,5-6H2,1-3H3,(H,15,17)(H,19,20). The van der Waals surface area contributed by atoms with Crippen molar-refractivity contribution in [2.24, 2.45) is 0 Å². The second kappa shape index (κ2) is 7.78. The van der Waals surface area contributed by atoms with Gasteiger partial charge in [-0.05, 0) is 36.2 Å². The van der Waals surface area contributed by atoms with E-state index in [1.165, 1.54) is 30.1 Å². The molecule has 116 valence electrons. The summed E-state index contributed by atoms with van der Waals surface area (Å²) in [5.74, 6) is -1.94. The van der Waals surface area contributed by atoms with E-state index in [1.54, 1.807) is 6.92 Å². The largest absolute Gasteiger partial charge is 0.480 e. The molecule has 2 amide bonds. The van der Waals surface area contributed by atoms with Gasteiger partial charge in [0, 0.05) is 20.0 Å². The highest BCUT2D eigenvalue weighted by molar-refractivity contribution is 7.08. The molecule has 0 saturated heterocycles. The average Bonchev–Trinajstić information content (AvgIpc) is 2.95. The van der Waals surface area contributed by atoms with Gasteiger partial charge in [0.1, 0.15) is 6.04 Å². The minimum Gasteiger partial charge on any atom is -0.480 e. The van der Waals surface area contributed by atoms with Gasteiger partial charge >= 0.3 is 5.97 Å². The average molecular weight is 312 g/mol. The first kappa shape index (κ1) is 17.2. The lowest BCUT2D eigenvalue weighted by Gasteiger charge is -2.29. The molecule has 0 aliphatic heterocycles. The summed E-state index contributed by atoms with van der Waals surface area (Å²) in [4.78, 5) is 35.9. The Morgan fingerprint density at radius 1 is 1.38 bits per heavy atom. The summed E-state index contributed by atoms with van der Waals surface area (Å²) < 4.78 is 0. The summed E-state index contributed by atoms with van der Waals surface area (Å²) in [6, 6.07) is 0.914. The molecule has 6 nitrogen and oxygen atoms in total. The van der Waals surface area contributed by atoms with Crippen molar-refractivity contribution in [3.63, 3.8) is 0 Å². The molecule has 1 aromatic rings. The first-order valence-corrected chi connectivity index (χ1v) is 7.58. The van der Waals surface area contributed by atoms with E-state index in [0.717, 1.165) is 5.56 Å². The molecule has 0 fully saturated rings. The number of hydrogen-bond acceptors (Lipinski definition) is 4. The molecule has 2 N–H and O–H groups in total. The zero-order valence-electron chi connectivity index (χ0n) is 12.3. The van der Waals surface area contributed by atoms with Crippen LogP contribution in [-0.4, -0.2) is 46.9 Å². The molecule has 21 heavy (non-hydrogen) atoms. The van der Waals surface area contributed by atoms with Gasteiger partial charge in [-0.1, -0.05) is 0 Å². The SMILES string of the molecule is CC(=O)NCCN(C(=O)C(C)c1ccsc1)C(C)C(=O)O. The summed E-state index contributed by atoms with van der Waals surface area (Å²) in [7, 11) is 0. The quantitative estimate of drug-likeness (QED) is 0.794. The summed E-state index contributed by atoms with van der Waals surface area (Å²) in [6.45, 7) is 4.99. The van der Waals surface area contributed by atoms with Crippen LogP contribution >= 0.6 is 11.3 Å². The number of rotatable bonds is 7. The number of carbonyl (C=O) groups is 3. The molecule has 7 heteroatoms. The predicted octanol–water partition coefficient (Wildman–Crippen LogP) is 1.29. The number of nitrogens with one attached hydrogen (secondary N) is 1. The summed E-state index contributed by atoms with van der Waals surface area (Å²) >= 11 is 1.49. The third-order valence-electron chi connectivity index (χ3n) is 3.25. The number of nitrogens with zero attached hydrogens (tertiary/aromatic N) is 1. The number of carboxylic acid groups (broad SMARTS) is 1. The van der Waals surface area contributed by atoms with Crippen LogP contribution in [0.1, 0.15) is 32.3 Å². The maximum absolute atomic E-state index is 12.5. The molecule has 0 radical (unpaired) electrons. The van der Waals surface area contributed by atoms with Gasteiger partial charge in [0.05, 0.1) is 5.92 Å². The Kier molecular flexibility index (Phi) is 6.36. The van der Waals surface area contributed by atoms with E-state index in [0.29, 0.717) is 0 Å². The van der Waals surface area contributed by atoms with Crippen LogP contribution in [0.2, 0.25) is 0 Å². The van der Waals surface area contributed by atoms with E-state index < -0.39 is 17.9 Å². The van der Waals surface area contributed by atoms with Crippen LogP contribution in [0.4, 0.5) is 0 Å². The van der Waals surface area contributed by atoms with Crippen LogP contribution in [0.5, 0.6) is 0 Å². The molecule has 1 rings (SSSR count). The maximum atomic E-state index is 12.5. The molecule has 0 aliphatic carbocycles. The molecule has 0 saturated carbocycles. The van der Waals surface area contributed by atoms with E-state index in [1.807, 2.05) is 16.8 Å². The molecule has 0 bridgehead atoms. The smallest absolute Gasteiger partial charge is 0.326 e. The highest BCUT2D eigenvalue weighted by Crippen LogP contribution is 2.21. The van der Waals surface area contributed by atoms with Gasteiger partial charge in [-0.15, -0.1) is 0 Å². The Hall–Kier alpha value is -1.89. The maximum Gasteiger partial charge on any atom is 0.326 e. The minimum atomic E-state index is -1.07. The van der Waals surface area contributed by atoms with Crippen LogP contribution in [0, 0.1) is 0 Å². The Balaban J connectivity index is 2.81. The van der Waals surface area contributed by atoms with Gasteiger partial charge < -0.3 is 15.3 Å². The van der Waals surface area contributed by atoms with Crippen LogP contribution in [0.15, 0.2) is 16.8 Å². The minimum absolute atomic E-state index is 0.167. The molecule has 0 spiro atoms. The van der Waals surface area contributed by atoms with Crippen molar-refractivity contribution in [3.8, 4) is 0 Å². The number of amides is 2. The van der Waals surface area contributed by atoms with Crippen molar-refractivity contribution in [1.29, 1.82) is 0 Å². The lowest BCUT2D eigenvalue weighted by Crippen LogP contribution is -2.48. The van der Waals surface area contributed by atoms with Crippen LogP contribution in [0.3, 0.4) is 0 Å². The van der Waals surface area contributed by atoms with Crippen molar-refractivity contribution in [2.75, 3.05) is 13.1 Å². The lowest BCUT2D eigenvalue weighted by molar-refractivity contribution is -0.149. The van der Waals surface area contributed by atoms with Gasteiger partial charge in [0.25, 0.3) is 0 Å². The third-order valence-corrected chi connectivity index (χ3v) is 3.95. The second-order valence-electron chi connectivity index (χ2n) is 4.81. The summed E-state index contributed by atoms with van der Waals surface area (Å²) in [6.07, 6.45) is 0. The molecule has 1 aromatic heterocycles. The van der Waals surface area contributed by atoms with Crippen LogP contribution < -0.4 is 5.32 Å². The van der Waals surface area contributed by atoms with E-state index >= 15 is 0 Å². The molecule has 2 unspecified atom stereocenters. The summed E-state index contributed by atoms with van der Waals surface area (Å²) in [5, 5.41) is 15.5. The third kappa shape index (κ3) is 4.86. The Morgan fingerprint density at radius 3 is 2.52 bits per heavy atom. The Labute approximate surface area is 127 Å². The highest BCUT2D eigenvalue weighted by atomic mass is 32.1. The molecular formula is C14H20N2O4S. The lowest BCUT2D eigenvalue weighted by atomic mass is 10.0. The van der Waals surface area contributed by atoms with E-state index in [-0.39, 0.29) is 24.9 Å². The first-order chi connectivity index (χ1) is 9.84. The molecule has 0 aromatic carbocycles. The van der Waals surface area contributed by atoms with Crippen molar-refractivity contribution in [2.45, 2.75) is 32.7 Å². The predicted molar refractivity (Wildman–Crippen MR) is 80.2 cm³/mol. The molecule has 2 atom stereocenters. The summed E-state index contributed by atoms with van der Waals surface area (Å²) in [5.41, 5.74) is 0.868. The van der Waals surface area contributed by atoms with E-state index in [9.17, 15) is 14.4 Å². The van der Waals surface area contributed by atoms with Crippen molar-refractivity contribution >= 4 is 29.1 Å². The molecule has 0 aliphatic rings. The van der Waals surface area contributed by atoms with E-state index in [4.69, 9.17) is 5.11 Å². The van der Waals surface area contributed by atoms with E-state index in [2.05, 4.69) is 5.32 Å². The fourth-order valence-corrected chi connectivity index (χ4v) is 2.65. The Morgan fingerprint density at radius 2 is 2.05 bits per heavy atom. The zero-order chi connectivity index (χ0) is 16.0. The highest BCUT2D eigenvalue weighted by Gasteiger charge is 2.29. The van der Waals surface area contributed by atoms with Crippen LogP contribution in [-0.2, 0) is 14.4 Å². The number of hydrogen-bond donors (Lipinski definition) is 2. The second-order valence-corrected chi connectivity index (χ2v) is 5.59. The van der Waals surface area contributed by atoms with Crippen molar-refractivity contribution < 1.29 is 19.5 Å². The van der Waals surface area contributed by atoms with Gasteiger partial charge in [-0.3, -0.25) is 9.59 Å². The van der Waals surface area contributed by atoms with Gasteiger partial charge in [0.2, 0.25) is 11.8 Å². The number of carboxylic acids is 1. The zero-order valence-corrected chi connectivity index (χ0v) is 13.1. The number of carbonyl (C=O) groups excluding carboxylic acids is 2. The van der Waals surface area contributed by atoms with Crippen molar-refractivity contribution in [1.82, 2.24) is 10.2 Å². The number of aliphatic carboxylic acids is 1. The molecular weight excluding hydrogens is 292 g/mol.